The molecule has 1 unspecified atom stereocenters. The van der Waals surface area contributed by atoms with Crippen molar-refractivity contribution in [1.29, 1.82) is 0 Å². The van der Waals surface area contributed by atoms with Crippen molar-refractivity contribution in [3.8, 4) is 0 Å². The van der Waals surface area contributed by atoms with E-state index >= 15 is 0 Å². The van der Waals surface area contributed by atoms with Crippen LogP contribution < -0.4 is 10.0 Å². The van der Waals surface area contributed by atoms with Gasteiger partial charge in [-0.25, -0.2) is 22.0 Å². The molecule has 2 aliphatic heterocycles. The van der Waals surface area contributed by atoms with Gasteiger partial charge in [-0.15, -0.1) is 0 Å². The molecule has 2 heterocycles. The van der Waals surface area contributed by atoms with Crippen LogP contribution >= 0.6 is 0 Å². The summed E-state index contributed by atoms with van der Waals surface area (Å²) in [6.45, 7) is 4.11. The van der Waals surface area contributed by atoms with Crippen molar-refractivity contribution in [1.82, 2.24) is 4.31 Å². The summed E-state index contributed by atoms with van der Waals surface area (Å²) in [6.07, 6.45) is 0.699. The minimum absolute atomic E-state index is 0.105. The van der Waals surface area contributed by atoms with Crippen molar-refractivity contribution in [3.05, 3.63) is 53.6 Å². The van der Waals surface area contributed by atoms with Gasteiger partial charge in [0.05, 0.1) is 23.0 Å². The molecule has 2 aromatic carbocycles. The Labute approximate surface area is 177 Å². The zero-order valence-corrected chi connectivity index (χ0v) is 18.3. The van der Waals surface area contributed by atoms with E-state index in [0.29, 0.717) is 39.3 Å². The molecule has 0 bridgehead atoms. The van der Waals surface area contributed by atoms with Crippen LogP contribution in [0.2, 0.25) is 0 Å². The zero-order valence-electron chi connectivity index (χ0n) is 16.7. The SMILES string of the molecule is CC1Cc2cc(S(N)(=O)=O)ccc2N1Cc1cccc(S(=O)(=O)N2CCOCC2)c1. The number of rotatable bonds is 5. The van der Waals surface area contributed by atoms with Gasteiger partial charge in [-0.05, 0) is 54.8 Å². The van der Waals surface area contributed by atoms with E-state index in [4.69, 9.17) is 9.88 Å². The molecule has 10 heteroatoms. The highest BCUT2D eigenvalue weighted by atomic mass is 32.2. The monoisotopic (exact) mass is 451 g/mol. The molecule has 30 heavy (non-hydrogen) atoms. The maximum Gasteiger partial charge on any atom is 0.243 e. The first-order chi connectivity index (χ1) is 14.2. The quantitative estimate of drug-likeness (QED) is 0.734. The van der Waals surface area contributed by atoms with E-state index in [1.165, 1.54) is 10.4 Å². The normalized spacial score (nSPS) is 20.3. The van der Waals surface area contributed by atoms with Crippen molar-refractivity contribution in [2.24, 2.45) is 5.14 Å². The summed E-state index contributed by atoms with van der Waals surface area (Å²) in [6, 6.07) is 12.1. The molecule has 1 atom stereocenters. The highest BCUT2D eigenvalue weighted by Gasteiger charge is 2.29. The largest absolute Gasteiger partial charge is 0.379 e. The van der Waals surface area contributed by atoms with Crippen molar-refractivity contribution in [3.63, 3.8) is 0 Å². The van der Waals surface area contributed by atoms with Gasteiger partial charge in [-0.2, -0.15) is 4.31 Å². The van der Waals surface area contributed by atoms with E-state index in [0.717, 1.165) is 16.8 Å². The third-order valence-electron chi connectivity index (χ3n) is 5.60. The number of hydrogen-bond acceptors (Lipinski definition) is 6. The average molecular weight is 452 g/mol. The van der Waals surface area contributed by atoms with Crippen LogP contribution in [-0.4, -0.2) is 53.5 Å². The van der Waals surface area contributed by atoms with E-state index in [9.17, 15) is 16.8 Å². The summed E-state index contributed by atoms with van der Waals surface area (Å²) in [5, 5.41) is 5.25. The zero-order chi connectivity index (χ0) is 21.5. The van der Waals surface area contributed by atoms with E-state index in [-0.39, 0.29) is 15.8 Å². The number of morpholine rings is 1. The van der Waals surface area contributed by atoms with E-state index in [1.807, 2.05) is 6.07 Å². The Balaban J connectivity index is 1.59. The van der Waals surface area contributed by atoms with Crippen LogP contribution in [0.5, 0.6) is 0 Å². The van der Waals surface area contributed by atoms with Crippen LogP contribution in [0.4, 0.5) is 5.69 Å². The highest BCUT2D eigenvalue weighted by molar-refractivity contribution is 7.89. The molecule has 4 rings (SSSR count). The van der Waals surface area contributed by atoms with Crippen LogP contribution in [0.25, 0.3) is 0 Å². The second kappa shape index (κ2) is 7.93. The van der Waals surface area contributed by atoms with Gasteiger partial charge in [-0.1, -0.05) is 12.1 Å². The number of ether oxygens (including phenoxy) is 1. The lowest BCUT2D eigenvalue weighted by atomic mass is 10.1. The fourth-order valence-corrected chi connectivity index (χ4v) is 6.07. The lowest BCUT2D eigenvalue weighted by Crippen LogP contribution is -2.40. The summed E-state index contributed by atoms with van der Waals surface area (Å²) in [7, 11) is -7.31. The Morgan fingerprint density at radius 3 is 2.47 bits per heavy atom. The number of nitrogens with zero attached hydrogens (tertiary/aromatic N) is 2. The number of hydrogen-bond donors (Lipinski definition) is 1. The minimum Gasteiger partial charge on any atom is -0.379 e. The van der Waals surface area contributed by atoms with Gasteiger partial charge in [0.15, 0.2) is 0 Å². The Morgan fingerprint density at radius 2 is 1.77 bits per heavy atom. The highest BCUT2D eigenvalue weighted by Crippen LogP contribution is 2.35. The molecule has 0 amide bonds. The molecular formula is C20H25N3O5S2. The number of fused-ring (bicyclic) bond motifs is 1. The predicted molar refractivity (Wildman–Crippen MR) is 113 cm³/mol. The number of anilines is 1. The smallest absolute Gasteiger partial charge is 0.243 e. The second-order valence-corrected chi connectivity index (χ2v) is 11.2. The second-order valence-electron chi connectivity index (χ2n) is 7.68. The van der Waals surface area contributed by atoms with Gasteiger partial charge in [0.2, 0.25) is 20.0 Å². The van der Waals surface area contributed by atoms with Gasteiger partial charge in [0, 0.05) is 31.4 Å². The van der Waals surface area contributed by atoms with Crippen LogP contribution in [0.1, 0.15) is 18.1 Å². The molecule has 1 fully saturated rings. The van der Waals surface area contributed by atoms with E-state index in [2.05, 4.69) is 11.8 Å². The molecule has 0 aromatic heterocycles. The van der Waals surface area contributed by atoms with E-state index in [1.54, 1.807) is 30.3 Å². The van der Waals surface area contributed by atoms with Gasteiger partial charge >= 0.3 is 0 Å². The maximum absolute atomic E-state index is 13.0. The maximum atomic E-state index is 13.0. The van der Waals surface area contributed by atoms with Crippen molar-refractivity contribution in [2.75, 3.05) is 31.2 Å². The van der Waals surface area contributed by atoms with Crippen LogP contribution in [0, 0.1) is 0 Å². The van der Waals surface area contributed by atoms with Gasteiger partial charge in [-0.3, -0.25) is 0 Å². The lowest BCUT2D eigenvalue weighted by molar-refractivity contribution is 0.0730. The van der Waals surface area contributed by atoms with Crippen molar-refractivity contribution >= 4 is 25.7 Å². The summed E-state index contributed by atoms with van der Waals surface area (Å²) in [5.41, 5.74) is 2.74. The van der Waals surface area contributed by atoms with Gasteiger partial charge in [0.1, 0.15) is 0 Å². The third-order valence-corrected chi connectivity index (χ3v) is 8.40. The fourth-order valence-electron chi connectivity index (χ4n) is 4.03. The Bertz CT molecular complexity index is 1160. The van der Waals surface area contributed by atoms with Crippen LogP contribution in [0.3, 0.4) is 0 Å². The molecule has 0 radical (unpaired) electrons. The van der Waals surface area contributed by atoms with Crippen molar-refractivity contribution < 1.29 is 21.6 Å². The van der Waals surface area contributed by atoms with Gasteiger partial charge in [0.25, 0.3) is 0 Å². The lowest BCUT2D eigenvalue weighted by Gasteiger charge is -2.27. The van der Waals surface area contributed by atoms with E-state index < -0.39 is 20.0 Å². The Hall–Kier alpha value is -1.98. The molecule has 162 valence electrons. The number of benzene rings is 2. The summed E-state index contributed by atoms with van der Waals surface area (Å²) < 4.78 is 55.9. The van der Waals surface area contributed by atoms with Crippen LogP contribution in [-0.2, 0) is 37.7 Å². The number of sulfonamides is 2. The minimum atomic E-state index is -3.75. The summed E-state index contributed by atoms with van der Waals surface area (Å²) in [4.78, 5) is 2.54. The summed E-state index contributed by atoms with van der Waals surface area (Å²) >= 11 is 0. The van der Waals surface area contributed by atoms with Crippen molar-refractivity contribution in [2.45, 2.75) is 35.7 Å². The first kappa shape index (κ1) is 21.3. The fraction of sp³-hybridized carbons (Fsp3) is 0.400. The molecule has 2 aliphatic rings. The first-order valence-electron chi connectivity index (χ1n) is 9.75. The molecule has 0 aliphatic carbocycles. The molecule has 0 saturated carbocycles. The molecule has 8 nitrogen and oxygen atoms in total. The molecule has 0 spiro atoms. The molecular weight excluding hydrogens is 426 g/mol. The van der Waals surface area contributed by atoms with Gasteiger partial charge < -0.3 is 9.64 Å². The Kier molecular flexibility index (Phi) is 5.62. The standard InChI is InChI=1S/C20H25N3O5S2/c1-15-11-17-13-18(29(21,24)25)5-6-20(17)23(15)14-16-3-2-4-19(12-16)30(26,27)22-7-9-28-10-8-22/h2-6,12-13,15H,7-11,14H2,1H3,(H2,21,24,25). The van der Waals surface area contributed by atoms with Crippen LogP contribution in [0.15, 0.2) is 52.3 Å². The third kappa shape index (κ3) is 4.10. The topological polar surface area (TPSA) is 110 Å². The number of primary sulfonamides is 1. The average Bonchev–Trinajstić information content (AvgIpc) is 3.03. The first-order valence-corrected chi connectivity index (χ1v) is 12.7. The predicted octanol–water partition coefficient (Wildman–Crippen LogP) is 1.31. The summed E-state index contributed by atoms with van der Waals surface area (Å²) in [5.74, 6) is 0. The Morgan fingerprint density at radius 1 is 1.03 bits per heavy atom. The molecule has 2 N–H and O–H groups in total. The molecule has 2 aromatic rings. The number of nitrogens with two attached hydrogens (primary N) is 1. The molecule has 1 saturated heterocycles.